The number of rotatable bonds is 4. The number of piperidine rings is 1. The van der Waals surface area contributed by atoms with Crippen LogP contribution in [0.3, 0.4) is 0 Å². The molecule has 1 unspecified atom stereocenters. The van der Waals surface area contributed by atoms with Crippen LogP contribution in [0.15, 0.2) is 30.5 Å². The normalized spacial score (nSPS) is 16.9. The van der Waals surface area contributed by atoms with Crippen LogP contribution in [-0.2, 0) is 0 Å². The summed E-state index contributed by atoms with van der Waals surface area (Å²) in [7, 11) is 5.89. The molecule has 0 bridgehead atoms. The molecule has 26 heavy (non-hydrogen) atoms. The Kier molecular flexibility index (Phi) is 5.21. The van der Waals surface area contributed by atoms with E-state index in [9.17, 15) is 4.39 Å². The number of hydrogen-bond acceptors (Lipinski definition) is 6. The molecule has 2 aromatic rings. The summed E-state index contributed by atoms with van der Waals surface area (Å²) < 4.78 is 13.8. The predicted molar refractivity (Wildman–Crippen MR) is 101 cm³/mol. The largest absolute Gasteiger partial charge is 0.369 e. The van der Waals surface area contributed by atoms with E-state index in [-0.39, 0.29) is 11.9 Å². The van der Waals surface area contributed by atoms with Gasteiger partial charge >= 0.3 is 0 Å². The molecule has 0 saturated carbocycles. The van der Waals surface area contributed by atoms with Crippen molar-refractivity contribution in [1.29, 1.82) is 5.26 Å². The molecular weight excluding hydrogens is 331 g/mol. The van der Waals surface area contributed by atoms with Crippen LogP contribution in [0.5, 0.6) is 0 Å². The highest BCUT2D eigenvalue weighted by molar-refractivity contribution is 5.53. The Morgan fingerprint density at radius 1 is 1.27 bits per heavy atom. The molecule has 7 heteroatoms. The zero-order valence-corrected chi connectivity index (χ0v) is 15.4. The third kappa shape index (κ3) is 3.85. The fourth-order valence-electron chi connectivity index (χ4n) is 3.25. The van der Waals surface area contributed by atoms with Gasteiger partial charge in [0.05, 0.1) is 11.6 Å². The highest BCUT2D eigenvalue weighted by Crippen LogP contribution is 2.25. The van der Waals surface area contributed by atoms with E-state index in [0.29, 0.717) is 11.5 Å². The number of nitrogens with zero attached hydrogens (tertiary/aromatic N) is 6. The number of halogens is 1. The maximum Gasteiger partial charge on any atom is 0.227 e. The van der Waals surface area contributed by atoms with Crippen LogP contribution >= 0.6 is 0 Å². The van der Waals surface area contributed by atoms with Crippen LogP contribution in [0.1, 0.15) is 18.4 Å². The molecule has 1 fully saturated rings. The molecule has 1 atom stereocenters. The van der Waals surface area contributed by atoms with Crippen molar-refractivity contribution in [2.45, 2.75) is 18.9 Å². The van der Waals surface area contributed by atoms with Crippen molar-refractivity contribution in [2.24, 2.45) is 0 Å². The Bertz CT molecular complexity index is 816. The lowest BCUT2D eigenvalue weighted by Crippen LogP contribution is -2.47. The van der Waals surface area contributed by atoms with Gasteiger partial charge in [0.25, 0.3) is 0 Å². The third-order valence-corrected chi connectivity index (χ3v) is 4.72. The molecule has 1 aliphatic rings. The average Bonchev–Trinajstić information content (AvgIpc) is 2.67. The Morgan fingerprint density at radius 3 is 2.81 bits per heavy atom. The van der Waals surface area contributed by atoms with Gasteiger partial charge in [-0.1, -0.05) is 0 Å². The van der Waals surface area contributed by atoms with Crippen LogP contribution < -0.4 is 14.7 Å². The van der Waals surface area contributed by atoms with Gasteiger partial charge in [0.15, 0.2) is 0 Å². The predicted octanol–water partition coefficient (Wildman–Crippen LogP) is 2.66. The van der Waals surface area contributed by atoms with Crippen molar-refractivity contribution in [1.82, 2.24) is 9.97 Å². The molecule has 0 N–H and O–H groups in total. The molecule has 136 valence electrons. The van der Waals surface area contributed by atoms with Crippen molar-refractivity contribution in [3.8, 4) is 6.07 Å². The van der Waals surface area contributed by atoms with Crippen LogP contribution in [0.25, 0.3) is 0 Å². The van der Waals surface area contributed by atoms with E-state index < -0.39 is 0 Å². The van der Waals surface area contributed by atoms with Gasteiger partial charge in [-0.15, -0.1) is 0 Å². The van der Waals surface area contributed by atoms with Crippen molar-refractivity contribution in [3.63, 3.8) is 0 Å². The lowest BCUT2D eigenvalue weighted by Gasteiger charge is -2.39. The molecule has 2 heterocycles. The molecule has 6 nitrogen and oxygen atoms in total. The smallest absolute Gasteiger partial charge is 0.227 e. The summed E-state index contributed by atoms with van der Waals surface area (Å²) in [6.45, 7) is 1.58. The highest BCUT2D eigenvalue weighted by atomic mass is 19.1. The van der Waals surface area contributed by atoms with Gasteiger partial charge in [-0.3, -0.25) is 0 Å². The fourth-order valence-corrected chi connectivity index (χ4v) is 3.25. The molecule has 3 rings (SSSR count). The van der Waals surface area contributed by atoms with Crippen LogP contribution in [0, 0.1) is 17.1 Å². The topological polar surface area (TPSA) is 59.3 Å². The first-order valence-corrected chi connectivity index (χ1v) is 8.67. The molecule has 0 aliphatic carbocycles. The standard InChI is InChI=1S/C19H23FN6/c1-24(2)18-6-7-22-19(23-18)25(3)16-5-4-8-26(13-16)17-10-14(12-21)9-15(20)11-17/h6-7,9-11,16H,4-5,8,13H2,1-3H3. The van der Waals surface area contributed by atoms with Gasteiger partial charge in [0, 0.05) is 52.2 Å². The summed E-state index contributed by atoms with van der Waals surface area (Å²) in [4.78, 5) is 15.2. The van der Waals surface area contributed by atoms with Gasteiger partial charge in [-0.25, -0.2) is 9.37 Å². The second-order valence-electron chi connectivity index (χ2n) is 6.77. The molecule has 1 aliphatic heterocycles. The molecule has 1 aromatic carbocycles. The van der Waals surface area contributed by atoms with E-state index in [0.717, 1.165) is 37.4 Å². The Morgan fingerprint density at radius 2 is 2.08 bits per heavy atom. The quantitative estimate of drug-likeness (QED) is 0.841. The number of likely N-dealkylation sites (N-methyl/N-ethyl adjacent to an activating group) is 1. The summed E-state index contributed by atoms with van der Waals surface area (Å²) in [5.41, 5.74) is 1.10. The molecule has 0 radical (unpaired) electrons. The van der Waals surface area contributed by atoms with E-state index in [1.807, 2.05) is 38.2 Å². The summed E-state index contributed by atoms with van der Waals surface area (Å²) in [6, 6.07) is 8.61. The summed E-state index contributed by atoms with van der Waals surface area (Å²) in [6.07, 6.45) is 3.77. The van der Waals surface area contributed by atoms with Crippen LogP contribution in [0.2, 0.25) is 0 Å². The van der Waals surface area contributed by atoms with E-state index in [4.69, 9.17) is 5.26 Å². The number of hydrogen-bond donors (Lipinski definition) is 0. The Hall–Kier alpha value is -2.88. The zero-order chi connectivity index (χ0) is 18.7. The molecule has 1 aromatic heterocycles. The maximum atomic E-state index is 13.8. The van der Waals surface area contributed by atoms with E-state index in [2.05, 4.69) is 19.8 Å². The van der Waals surface area contributed by atoms with E-state index in [1.54, 1.807) is 12.3 Å². The van der Waals surface area contributed by atoms with E-state index in [1.165, 1.54) is 12.1 Å². The summed E-state index contributed by atoms with van der Waals surface area (Å²) >= 11 is 0. The number of benzene rings is 1. The lowest BCUT2D eigenvalue weighted by molar-refractivity contribution is 0.482. The van der Waals surface area contributed by atoms with Gasteiger partial charge < -0.3 is 14.7 Å². The summed E-state index contributed by atoms with van der Waals surface area (Å²) in [5.74, 6) is 1.16. The third-order valence-electron chi connectivity index (χ3n) is 4.72. The minimum Gasteiger partial charge on any atom is -0.369 e. The van der Waals surface area contributed by atoms with Gasteiger partial charge in [0.2, 0.25) is 5.95 Å². The summed E-state index contributed by atoms with van der Waals surface area (Å²) in [5, 5.41) is 9.08. The Balaban J connectivity index is 1.79. The van der Waals surface area contributed by atoms with Crippen molar-refractivity contribution in [2.75, 3.05) is 48.9 Å². The molecule has 0 amide bonds. The minimum atomic E-state index is -0.378. The maximum absolute atomic E-state index is 13.8. The average molecular weight is 354 g/mol. The van der Waals surface area contributed by atoms with Crippen LogP contribution in [0.4, 0.5) is 21.8 Å². The highest BCUT2D eigenvalue weighted by Gasteiger charge is 2.25. The van der Waals surface area contributed by atoms with Crippen molar-refractivity contribution < 1.29 is 4.39 Å². The van der Waals surface area contributed by atoms with E-state index >= 15 is 0 Å². The molecule has 0 spiro atoms. The van der Waals surface area contributed by atoms with Gasteiger partial charge in [-0.2, -0.15) is 10.2 Å². The first kappa shape index (κ1) is 17.9. The Labute approximate surface area is 153 Å². The second-order valence-corrected chi connectivity index (χ2v) is 6.77. The molecule has 1 saturated heterocycles. The van der Waals surface area contributed by atoms with Gasteiger partial charge in [-0.05, 0) is 37.1 Å². The van der Waals surface area contributed by atoms with Gasteiger partial charge in [0.1, 0.15) is 11.6 Å². The number of nitriles is 1. The monoisotopic (exact) mass is 354 g/mol. The van der Waals surface area contributed by atoms with Crippen LogP contribution in [-0.4, -0.2) is 50.2 Å². The number of aromatic nitrogens is 2. The zero-order valence-electron chi connectivity index (χ0n) is 15.4. The minimum absolute atomic E-state index is 0.218. The fraction of sp³-hybridized carbons (Fsp3) is 0.421. The second kappa shape index (κ2) is 7.56. The number of anilines is 3. The first-order valence-electron chi connectivity index (χ1n) is 8.67. The van der Waals surface area contributed by atoms with Crippen molar-refractivity contribution >= 4 is 17.5 Å². The SMILES string of the molecule is CN(C)c1ccnc(N(C)C2CCCN(c3cc(F)cc(C#N)c3)C2)n1. The first-order chi connectivity index (χ1) is 12.5. The van der Waals surface area contributed by atoms with Crippen molar-refractivity contribution in [3.05, 3.63) is 41.8 Å². The molecular formula is C19H23FN6. The lowest BCUT2D eigenvalue weighted by atomic mass is 10.0.